The number of ether oxygens (including phenoxy) is 3. The van der Waals surface area contributed by atoms with Crippen LogP contribution in [-0.2, 0) is 9.47 Å². The van der Waals surface area contributed by atoms with Crippen LogP contribution in [0.2, 0.25) is 5.02 Å². The lowest BCUT2D eigenvalue weighted by molar-refractivity contribution is -0.0298. The number of hydrogen-bond acceptors (Lipinski definition) is 8. The quantitative estimate of drug-likeness (QED) is 0.401. The summed E-state index contributed by atoms with van der Waals surface area (Å²) < 4.78 is 34.4. The molecule has 0 bridgehead atoms. The van der Waals surface area contributed by atoms with Gasteiger partial charge in [-0.15, -0.1) is 0 Å². The molecule has 12 heteroatoms. The maximum atomic E-state index is 15.4. The Morgan fingerprint density at radius 1 is 1.26 bits per heavy atom. The highest BCUT2D eigenvalue weighted by atomic mass is 35.5. The number of halogens is 2. The van der Waals surface area contributed by atoms with Crippen molar-refractivity contribution >= 4 is 34.7 Å². The molecule has 39 heavy (non-hydrogen) atoms. The fourth-order valence-corrected chi connectivity index (χ4v) is 5.31. The van der Waals surface area contributed by atoms with Crippen LogP contribution in [0.3, 0.4) is 0 Å². The second-order valence-corrected chi connectivity index (χ2v) is 11.4. The van der Waals surface area contributed by atoms with E-state index >= 15 is 4.39 Å². The van der Waals surface area contributed by atoms with Crippen molar-refractivity contribution in [3.63, 3.8) is 0 Å². The summed E-state index contributed by atoms with van der Waals surface area (Å²) in [6.07, 6.45) is 5.71. The second kappa shape index (κ2) is 10.8. The van der Waals surface area contributed by atoms with Crippen molar-refractivity contribution in [1.29, 1.82) is 0 Å². The molecule has 2 fully saturated rings. The summed E-state index contributed by atoms with van der Waals surface area (Å²) in [4.78, 5) is 27.4. The maximum absolute atomic E-state index is 15.4. The first-order valence-corrected chi connectivity index (χ1v) is 13.5. The number of aromatic nitrogens is 4. The number of nitrogens with zero attached hydrogens (tertiary/aromatic N) is 5. The van der Waals surface area contributed by atoms with Crippen LogP contribution in [0.5, 0.6) is 5.75 Å². The lowest BCUT2D eigenvalue weighted by atomic mass is 9.88. The maximum Gasteiger partial charge on any atom is 0.410 e. The van der Waals surface area contributed by atoms with Gasteiger partial charge in [-0.05, 0) is 53.0 Å². The number of benzene rings is 1. The SMILES string of the molecule is COc1c(C(C)Nc2ncnc3c2ncn3C2CCCCO2)cc(Cl)c(F)c1C1CN(C(=O)OC(C)(C)C)C1. The van der Waals surface area contributed by atoms with E-state index in [1.807, 2.05) is 32.3 Å². The van der Waals surface area contributed by atoms with Crippen LogP contribution in [-0.4, -0.2) is 62.9 Å². The summed E-state index contributed by atoms with van der Waals surface area (Å²) in [5.41, 5.74) is 1.68. The minimum Gasteiger partial charge on any atom is -0.496 e. The molecular formula is C27H34ClFN6O4. The molecule has 0 radical (unpaired) electrons. The highest BCUT2D eigenvalue weighted by molar-refractivity contribution is 6.31. The zero-order valence-electron chi connectivity index (χ0n) is 22.8. The normalized spacial score (nSPS) is 19.1. The number of likely N-dealkylation sites (tertiary alicyclic amines) is 1. The van der Waals surface area contributed by atoms with Gasteiger partial charge in [-0.25, -0.2) is 24.1 Å². The van der Waals surface area contributed by atoms with Crippen LogP contribution in [0, 0.1) is 5.82 Å². The van der Waals surface area contributed by atoms with Crippen molar-refractivity contribution in [2.45, 2.75) is 70.7 Å². The zero-order valence-corrected chi connectivity index (χ0v) is 23.6. The van der Waals surface area contributed by atoms with E-state index in [4.69, 9.17) is 25.8 Å². The number of anilines is 1. The van der Waals surface area contributed by atoms with E-state index in [1.165, 1.54) is 13.4 Å². The van der Waals surface area contributed by atoms with Gasteiger partial charge in [0.05, 0.1) is 24.5 Å². The van der Waals surface area contributed by atoms with Gasteiger partial charge in [0, 0.05) is 36.7 Å². The first kappa shape index (κ1) is 27.4. The van der Waals surface area contributed by atoms with E-state index in [9.17, 15) is 4.79 Å². The summed E-state index contributed by atoms with van der Waals surface area (Å²) >= 11 is 6.37. The number of amides is 1. The number of imidazole rings is 1. The van der Waals surface area contributed by atoms with Crippen LogP contribution < -0.4 is 10.1 Å². The molecule has 3 aromatic rings. The third-order valence-electron chi connectivity index (χ3n) is 7.03. The van der Waals surface area contributed by atoms with Crippen molar-refractivity contribution in [3.05, 3.63) is 40.7 Å². The highest BCUT2D eigenvalue weighted by Gasteiger charge is 2.39. The Morgan fingerprint density at radius 2 is 2.03 bits per heavy atom. The molecule has 2 aliphatic rings. The van der Waals surface area contributed by atoms with Crippen LogP contribution in [0.25, 0.3) is 11.2 Å². The fourth-order valence-electron chi connectivity index (χ4n) is 5.09. The van der Waals surface area contributed by atoms with Gasteiger partial charge in [0.1, 0.15) is 29.7 Å². The number of carbonyl (C=O) groups is 1. The Balaban J connectivity index is 1.40. The smallest absolute Gasteiger partial charge is 0.410 e. The molecule has 5 rings (SSSR count). The average Bonchev–Trinajstić information content (AvgIpc) is 3.30. The first-order chi connectivity index (χ1) is 18.6. The van der Waals surface area contributed by atoms with Gasteiger partial charge in [-0.2, -0.15) is 0 Å². The third-order valence-corrected chi connectivity index (χ3v) is 7.30. The standard InChI is InChI=1S/C27H34ClFN6O4/c1-15(33-24-22-25(31-13-30-24)35(14-32-22)19-8-6-7-9-38-19)17-10-18(28)21(29)20(23(17)37-5)16-11-34(12-16)26(36)39-27(2,3)4/h10,13-16,19H,6-9,11-12H2,1-5H3,(H,30,31,33). The lowest BCUT2D eigenvalue weighted by Crippen LogP contribution is -2.50. The van der Waals surface area contributed by atoms with E-state index in [2.05, 4.69) is 20.3 Å². The molecule has 0 aliphatic carbocycles. The van der Waals surface area contributed by atoms with E-state index in [-0.39, 0.29) is 23.2 Å². The summed E-state index contributed by atoms with van der Waals surface area (Å²) in [5, 5.41) is 3.36. The Hall–Kier alpha value is -3.18. The minimum atomic E-state index is -0.610. The second-order valence-electron chi connectivity index (χ2n) is 11.0. The van der Waals surface area contributed by atoms with E-state index < -0.39 is 17.5 Å². The Bertz CT molecular complexity index is 1360. The molecule has 0 saturated carbocycles. The number of fused-ring (bicyclic) bond motifs is 1. The molecule has 2 aliphatic heterocycles. The van der Waals surface area contributed by atoms with Crippen LogP contribution in [0.15, 0.2) is 18.7 Å². The molecule has 1 amide bonds. The summed E-state index contributed by atoms with van der Waals surface area (Å²) in [6, 6.07) is 1.20. The fraction of sp³-hybridized carbons (Fsp3) is 0.556. The number of rotatable bonds is 6. The van der Waals surface area contributed by atoms with Crippen molar-refractivity contribution < 1.29 is 23.4 Å². The molecule has 2 atom stereocenters. The van der Waals surface area contributed by atoms with Crippen molar-refractivity contribution in [1.82, 2.24) is 24.4 Å². The van der Waals surface area contributed by atoms with Crippen LogP contribution in [0.1, 0.15) is 76.3 Å². The van der Waals surface area contributed by atoms with Gasteiger partial charge in [0.2, 0.25) is 0 Å². The Labute approximate surface area is 231 Å². The third kappa shape index (κ3) is 5.47. The van der Waals surface area contributed by atoms with Crippen LogP contribution >= 0.6 is 11.6 Å². The zero-order chi connectivity index (χ0) is 27.9. The lowest BCUT2D eigenvalue weighted by Gasteiger charge is -2.41. The summed E-state index contributed by atoms with van der Waals surface area (Å²) in [7, 11) is 1.50. The number of hydrogen-bond donors (Lipinski definition) is 1. The van der Waals surface area contributed by atoms with E-state index in [0.717, 1.165) is 19.3 Å². The highest BCUT2D eigenvalue weighted by Crippen LogP contribution is 2.43. The predicted molar refractivity (Wildman–Crippen MR) is 145 cm³/mol. The van der Waals surface area contributed by atoms with Crippen molar-refractivity contribution in [2.75, 3.05) is 32.1 Å². The number of nitrogens with one attached hydrogen (secondary N) is 1. The molecule has 210 valence electrons. The van der Waals surface area contributed by atoms with Crippen molar-refractivity contribution in [2.24, 2.45) is 0 Å². The molecule has 1 N–H and O–H groups in total. The minimum absolute atomic E-state index is 0.0169. The predicted octanol–water partition coefficient (Wildman–Crippen LogP) is 5.83. The number of methoxy groups -OCH3 is 1. The monoisotopic (exact) mass is 560 g/mol. The molecule has 2 unspecified atom stereocenters. The molecular weight excluding hydrogens is 527 g/mol. The number of carbonyl (C=O) groups excluding carboxylic acids is 1. The van der Waals surface area contributed by atoms with Gasteiger partial charge >= 0.3 is 6.09 Å². The molecule has 10 nitrogen and oxygen atoms in total. The molecule has 2 aromatic heterocycles. The van der Waals surface area contributed by atoms with E-state index in [0.29, 0.717) is 53.6 Å². The van der Waals surface area contributed by atoms with Gasteiger partial charge < -0.3 is 24.4 Å². The average molecular weight is 561 g/mol. The Kier molecular flexibility index (Phi) is 7.56. The summed E-state index contributed by atoms with van der Waals surface area (Å²) in [5.74, 6) is 0.0889. The molecule has 0 spiro atoms. The van der Waals surface area contributed by atoms with Gasteiger partial charge in [0.15, 0.2) is 17.0 Å². The van der Waals surface area contributed by atoms with E-state index in [1.54, 1.807) is 17.3 Å². The van der Waals surface area contributed by atoms with Crippen molar-refractivity contribution in [3.8, 4) is 5.75 Å². The largest absolute Gasteiger partial charge is 0.496 e. The van der Waals surface area contributed by atoms with Gasteiger partial charge in [0.25, 0.3) is 0 Å². The first-order valence-electron chi connectivity index (χ1n) is 13.2. The van der Waals surface area contributed by atoms with Gasteiger partial charge in [-0.3, -0.25) is 4.57 Å². The molecule has 4 heterocycles. The summed E-state index contributed by atoms with van der Waals surface area (Å²) in [6.45, 7) is 8.65. The van der Waals surface area contributed by atoms with Gasteiger partial charge in [-0.1, -0.05) is 11.6 Å². The topological polar surface area (TPSA) is 104 Å². The van der Waals surface area contributed by atoms with Crippen LogP contribution in [0.4, 0.5) is 15.0 Å². The molecule has 1 aromatic carbocycles. The Morgan fingerprint density at radius 3 is 2.69 bits per heavy atom. The molecule has 2 saturated heterocycles.